The minimum atomic E-state index is -1.33. The van der Waals surface area contributed by atoms with Gasteiger partial charge in [0.1, 0.15) is 11.2 Å². The van der Waals surface area contributed by atoms with E-state index in [9.17, 15) is 14.7 Å². The SMILES string of the molecule is O=C(O)c1cn(C2CC2)c2nc(N3CC4ON=C(c5cccnc5)C4C3)c(F)cc2c1=O. The van der Waals surface area contributed by atoms with Gasteiger partial charge in [0, 0.05) is 36.7 Å². The van der Waals surface area contributed by atoms with Gasteiger partial charge in [0.05, 0.1) is 23.6 Å². The second-order valence-electron chi connectivity index (χ2n) is 8.35. The molecule has 1 N–H and O–H groups in total. The zero-order valence-electron chi connectivity index (χ0n) is 16.8. The summed E-state index contributed by atoms with van der Waals surface area (Å²) < 4.78 is 16.8. The van der Waals surface area contributed by atoms with Crippen LogP contribution in [-0.4, -0.2) is 50.5 Å². The second kappa shape index (κ2) is 6.84. The van der Waals surface area contributed by atoms with Gasteiger partial charge in [-0.1, -0.05) is 5.16 Å². The summed E-state index contributed by atoms with van der Waals surface area (Å²) in [5.74, 6) is -1.93. The normalized spacial score (nSPS) is 22.0. The van der Waals surface area contributed by atoms with Gasteiger partial charge in [-0.3, -0.25) is 9.78 Å². The van der Waals surface area contributed by atoms with Crippen molar-refractivity contribution in [1.82, 2.24) is 14.5 Å². The van der Waals surface area contributed by atoms with Crippen LogP contribution >= 0.6 is 0 Å². The van der Waals surface area contributed by atoms with Crippen molar-refractivity contribution in [2.75, 3.05) is 18.0 Å². The Morgan fingerprint density at radius 1 is 1.28 bits per heavy atom. The van der Waals surface area contributed by atoms with Crippen LogP contribution in [0.1, 0.15) is 34.8 Å². The second-order valence-corrected chi connectivity index (χ2v) is 8.35. The number of pyridine rings is 3. The molecule has 2 unspecified atom stereocenters. The number of hydrogen-bond donors (Lipinski definition) is 1. The third kappa shape index (κ3) is 2.86. The van der Waals surface area contributed by atoms with Crippen LogP contribution in [0.25, 0.3) is 11.0 Å². The summed E-state index contributed by atoms with van der Waals surface area (Å²) in [6, 6.07) is 4.90. The van der Waals surface area contributed by atoms with Gasteiger partial charge >= 0.3 is 5.97 Å². The first-order chi connectivity index (χ1) is 15.5. The van der Waals surface area contributed by atoms with Crippen LogP contribution in [0.5, 0.6) is 0 Å². The Balaban J connectivity index is 1.40. The van der Waals surface area contributed by atoms with Gasteiger partial charge in [-0.25, -0.2) is 14.2 Å². The quantitative estimate of drug-likeness (QED) is 0.669. The van der Waals surface area contributed by atoms with Crippen LogP contribution in [0.4, 0.5) is 10.2 Å². The fourth-order valence-electron chi connectivity index (χ4n) is 4.53. The molecule has 2 fully saturated rings. The maximum atomic E-state index is 15.1. The maximum absolute atomic E-state index is 15.1. The molecular weight excluding hydrogens is 417 g/mol. The lowest BCUT2D eigenvalue weighted by Crippen LogP contribution is -2.26. The Kier molecular flexibility index (Phi) is 4.04. The van der Waals surface area contributed by atoms with Crippen LogP contribution in [0, 0.1) is 11.7 Å². The van der Waals surface area contributed by atoms with E-state index >= 15 is 4.39 Å². The van der Waals surface area contributed by atoms with Crippen LogP contribution in [0.2, 0.25) is 0 Å². The minimum Gasteiger partial charge on any atom is -0.477 e. The standard InChI is InChI=1S/C22H18FN5O4/c23-16-6-13-19(29)15(22(30)31)9-28(12-3-4-12)20(13)25-21(16)27-8-14-17(10-27)32-26-18(14)11-2-1-5-24-7-11/h1-2,5-7,9,12,14,17H,3-4,8,10H2,(H,30,31). The van der Waals surface area contributed by atoms with E-state index in [-0.39, 0.29) is 34.8 Å². The summed E-state index contributed by atoms with van der Waals surface area (Å²) in [4.78, 5) is 40.2. The average Bonchev–Trinajstić information content (AvgIpc) is 3.42. The number of nitrogens with zero attached hydrogens (tertiary/aromatic N) is 5. The summed E-state index contributed by atoms with van der Waals surface area (Å²) in [5.41, 5.74) is 0.832. The number of anilines is 1. The van der Waals surface area contributed by atoms with E-state index in [1.807, 2.05) is 12.1 Å². The molecule has 0 spiro atoms. The Morgan fingerprint density at radius 2 is 2.12 bits per heavy atom. The summed E-state index contributed by atoms with van der Waals surface area (Å²) in [7, 11) is 0. The fraction of sp³-hybridized carbons (Fsp3) is 0.318. The number of fused-ring (bicyclic) bond motifs is 2. The first-order valence-corrected chi connectivity index (χ1v) is 10.4. The summed E-state index contributed by atoms with van der Waals surface area (Å²) in [6.45, 7) is 0.850. The van der Waals surface area contributed by atoms with Crippen LogP contribution in [0.3, 0.4) is 0 Å². The van der Waals surface area contributed by atoms with Gasteiger partial charge in [0.15, 0.2) is 17.7 Å². The zero-order chi connectivity index (χ0) is 22.0. The number of hydrogen-bond acceptors (Lipinski definition) is 7. The molecule has 32 heavy (non-hydrogen) atoms. The Hall–Kier alpha value is -3.82. The topological polar surface area (TPSA) is 110 Å². The van der Waals surface area contributed by atoms with E-state index in [0.29, 0.717) is 18.7 Å². The largest absolute Gasteiger partial charge is 0.477 e. The number of halogens is 1. The van der Waals surface area contributed by atoms with Crippen molar-refractivity contribution in [3.63, 3.8) is 0 Å². The van der Waals surface area contributed by atoms with Crippen molar-refractivity contribution in [2.45, 2.75) is 25.0 Å². The lowest BCUT2D eigenvalue weighted by Gasteiger charge is -2.20. The Bertz CT molecular complexity index is 1350. The molecule has 10 heteroatoms. The zero-order valence-corrected chi connectivity index (χ0v) is 16.8. The first kappa shape index (κ1) is 18.9. The predicted octanol–water partition coefficient (Wildman–Crippen LogP) is 2.20. The smallest absolute Gasteiger partial charge is 0.341 e. The maximum Gasteiger partial charge on any atom is 0.341 e. The molecule has 9 nitrogen and oxygen atoms in total. The van der Waals surface area contributed by atoms with Crippen molar-refractivity contribution >= 4 is 28.5 Å². The fourth-order valence-corrected chi connectivity index (χ4v) is 4.53. The Labute approximate surface area is 180 Å². The number of carboxylic acids is 1. The molecule has 2 atom stereocenters. The number of carboxylic acid groups (broad SMARTS) is 1. The molecule has 162 valence electrons. The van der Waals surface area contributed by atoms with Gasteiger partial charge in [-0.2, -0.15) is 0 Å². The van der Waals surface area contributed by atoms with Crippen molar-refractivity contribution in [1.29, 1.82) is 0 Å². The lowest BCUT2D eigenvalue weighted by atomic mass is 9.96. The third-order valence-corrected chi connectivity index (χ3v) is 6.27. The number of oxime groups is 1. The molecule has 0 bridgehead atoms. The van der Waals surface area contributed by atoms with Gasteiger partial charge in [0.25, 0.3) is 0 Å². The minimum absolute atomic E-state index is 0.0219. The molecule has 3 aromatic heterocycles. The monoisotopic (exact) mass is 435 g/mol. The molecule has 3 aromatic rings. The van der Waals surface area contributed by atoms with E-state index in [4.69, 9.17) is 4.84 Å². The van der Waals surface area contributed by atoms with E-state index in [0.717, 1.165) is 30.2 Å². The summed E-state index contributed by atoms with van der Waals surface area (Å²) in [5, 5.41) is 13.6. The van der Waals surface area contributed by atoms with E-state index in [2.05, 4.69) is 15.1 Å². The average molecular weight is 435 g/mol. The predicted molar refractivity (Wildman–Crippen MR) is 113 cm³/mol. The number of rotatable bonds is 4. The van der Waals surface area contributed by atoms with E-state index < -0.39 is 17.2 Å². The molecule has 1 aliphatic carbocycles. The highest BCUT2D eigenvalue weighted by molar-refractivity contribution is 6.03. The van der Waals surface area contributed by atoms with Gasteiger partial charge in [-0.05, 0) is 31.0 Å². The Morgan fingerprint density at radius 3 is 2.84 bits per heavy atom. The highest BCUT2D eigenvalue weighted by Gasteiger charge is 2.44. The summed E-state index contributed by atoms with van der Waals surface area (Å²) in [6.07, 6.45) is 6.21. The molecule has 1 saturated heterocycles. The number of aromatic nitrogens is 3. The van der Waals surface area contributed by atoms with Crippen molar-refractivity contribution in [2.24, 2.45) is 11.1 Å². The van der Waals surface area contributed by atoms with E-state index in [1.54, 1.807) is 21.9 Å². The molecule has 0 aromatic carbocycles. The van der Waals surface area contributed by atoms with Crippen molar-refractivity contribution < 1.29 is 19.1 Å². The molecule has 6 rings (SSSR count). The van der Waals surface area contributed by atoms with Crippen molar-refractivity contribution in [3.8, 4) is 0 Å². The van der Waals surface area contributed by atoms with E-state index in [1.165, 1.54) is 6.20 Å². The molecule has 1 saturated carbocycles. The molecule has 3 aliphatic rings. The van der Waals surface area contributed by atoms with Gasteiger partial charge in [0.2, 0.25) is 5.43 Å². The van der Waals surface area contributed by atoms with Crippen LogP contribution in [0.15, 0.2) is 46.7 Å². The van der Waals surface area contributed by atoms with Gasteiger partial charge in [-0.15, -0.1) is 0 Å². The first-order valence-electron chi connectivity index (χ1n) is 10.4. The molecular formula is C22H18FN5O4. The molecule has 5 heterocycles. The number of carbonyl (C=O) groups is 1. The summed E-state index contributed by atoms with van der Waals surface area (Å²) >= 11 is 0. The third-order valence-electron chi connectivity index (χ3n) is 6.27. The van der Waals surface area contributed by atoms with Crippen LogP contribution in [-0.2, 0) is 4.84 Å². The molecule has 0 radical (unpaired) electrons. The number of aromatic carboxylic acids is 1. The molecule has 2 aliphatic heterocycles. The van der Waals surface area contributed by atoms with Crippen molar-refractivity contribution in [3.05, 3.63) is 64.0 Å². The molecule has 0 amide bonds. The van der Waals surface area contributed by atoms with Crippen LogP contribution < -0.4 is 10.3 Å². The lowest BCUT2D eigenvalue weighted by molar-refractivity contribution is 0.0694. The highest BCUT2D eigenvalue weighted by Crippen LogP contribution is 2.38. The van der Waals surface area contributed by atoms with Gasteiger partial charge < -0.3 is 19.4 Å². The highest BCUT2D eigenvalue weighted by atomic mass is 19.1.